The van der Waals surface area contributed by atoms with Gasteiger partial charge in [-0.15, -0.1) is 0 Å². The molecule has 0 radical (unpaired) electrons. The van der Waals surface area contributed by atoms with Crippen LogP contribution >= 0.6 is 11.6 Å². The average molecular weight is 277 g/mol. The Kier molecular flexibility index (Phi) is 4.83. The van der Waals surface area contributed by atoms with Gasteiger partial charge in [0.05, 0.1) is 12.1 Å². The average Bonchev–Trinajstić information content (AvgIpc) is 2.46. The SMILES string of the molecule is COc1ccc(C[NH2+][C@@H](C)c2ccccc2)cc1Cl. The molecule has 0 aliphatic carbocycles. The van der Waals surface area contributed by atoms with Crippen molar-refractivity contribution in [3.63, 3.8) is 0 Å². The topological polar surface area (TPSA) is 25.8 Å². The van der Waals surface area contributed by atoms with Crippen molar-refractivity contribution >= 4 is 11.6 Å². The zero-order valence-corrected chi connectivity index (χ0v) is 12.0. The maximum absolute atomic E-state index is 6.12. The van der Waals surface area contributed by atoms with Crippen molar-refractivity contribution in [1.29, 1.82) is 0 Å². The van der Waals surface area contributed by atoms with Crippen LogP contribution in [0.5, 0.6) is 5.75 Å². The van der Waals surface area contributed by atoms with Crippen molar-refractivity contribution in [1.82, 2.24) is 0 Å². The molecule has 1 atom stereocenters. The third-order valence-electron chi connectivity index (χ3n) is 3.25. The summed E-state index contributed by atoms with van der Waals surface area (Å²) in [7, 11) is 1.63. The number of ether oxygens (including phenoxy) is 1. The summed E-state index contributed by atoms with van der Waals surface area (Å²) in [5.74, 6) is 0.724. The van der Waals surface area contributed by atoms with Gasteiger partial charge in [-0.3, -0.25) is 0 Å². The molecule has 3 heteroatoms. The quantitative estimate of drug-likeness (QED) is 0.892. The molecule has 0 aliphatic rings. The highest BCUT2D eigenvalue weighted by atomic mass is 35.5. The Balaban J connectivity index is 1.97. The zero-order valence-electron chi connectivity index (χ0n) is 11.3. The summed E-state index contributed by atoms with van der Waals surface area (Å²) < 4.78 is 5.15. The monoisotopic (exact) mass is 276 g/mol. The molecule has 2 N–H and O–H groups in total. The van der Waals surface area contributed by atoms with Crippen LogP contribution in [0.1, 0.15) is 24.1 Å². The standard InChI is InChI=1S/C16H18ClNO/c1-12(14-6-4-3-5-7-14)18-11-13-8-9-16(19-2)15(17)10-13/h3-10,12,18H,11H2,1-2H3/p+1/t12-/m0/s1. The number of hydrogen-bond acceptors (Lipinski definition) is 1. The molecule has 0 spiro atoms. The highest BCUT2D eigenvalue weighted by molar-refractivity contribution is 6.32. The fourth-order valence-corrected chi connectivity index (χ4v) is 2.32. The van der Waals surface area contributed by atoms with Crippen molar-refractivity contribution in [2.24, 2.45) is 0 Å². The smallest absolute Gasteiger partial charge is 0.137 e. The molecule has 0 fully saturated rings. The summed E-state index contributed by atoms with van der Waals surface area (Å²) in [6.07, 6.45) is 0. The Hall–Kier alpha value is -1.51. The van der Waals surface area contributed by atoms with Crippen LogP contribution in [0.4, 0.5) is 0 Å². The van der Waals surface area contributed by atoms with Gasteiger partial charge in [0.1, 0.15) is 18.3 Å². The van der Waals surface area contributed by atoms with Crippen molar-refractivity contribution in [3.05, 3.63) is 64.7 Å². The predicted molar refractivity (Wildman–Crippen MR) is 78.5 cm³/mol. The fraction of sp³-hybridized carbons (Fsp3) is 0.250. The summed E-state index contributed by atoms with van der Waals surface area (Å²) in [5, 5.41) is 2.97. The van der Waals surface area contributed by atoms with E-state index in [9.17, 15) is 0 Å². The fourth-order valence-electron chi connectivity index (χ4n) is 2.04. The Morgan fingerprint density at radius 3 is 2.53 bits per heavy atom. The van der Waals surface area contributed by atoms with Gasteiger partial charge in [0.25, 0.3) is 0 Å². The minimum absolute atomic E-state index is 0.432. The largest absolute Gasteiger partial charge is 0.495 e. The molecule has 2 aromatic carbocycles. The van der Waals surface area contributed by atoms with Crippen molar-refractivity contribution in [3.8, 4) is 5.75 Å². The van der Waals surface area contributed by atoms with Crippen LogP contribution < -0.4 is 10.1 Å². The Labute approximate surface area is 119 Å². The molecule has 2 aromatic rings. The maximum Gasteiger partial charge on any atom is 0.137 e. The lowest BCUT2D eigenvalue weighted by atomic mass is 10.1. The zero-order chi connectivity index (χ0) is 13.7. The summed E-state index contributed by atoms with van der Waals surface area (Å²) >= 11 is 6.12. The molecule has 0 unspecified atom stereocenters. The van der Waals surface area contributed by atoms with Gasteiger partial charge < -0.3 is 10.1 Å². The number of halogens is 1. The third-order valence-corrected chi connectivity index (χ3v) is 3.54. The first-order valence-corrected chi connectivity index (χ1v) is 6.79. The second kappa shape index (κ2) is 6.60. The second-order valence-corrected chi connectivity index (χ2v) is 5.02. The van der Waals surface area contributed by atoms with Gasteiger partial charge in [-0.1, -0.05) is 41.9 Å². The lowest BCUT2D eigenvalue weighted by molar-refractivity contribution is -0.707. The summed E-state index contributed by atoms with van der Waals surface area (Å²) in [6.45, 7) is 3.11. The molecule has 19 heavy (non-hydrogen) atoms. The van der Waals surface area contributed by atoms with Crippen LogP contribution in [0, 0.1) is 0 Å². The molecule has 0 saturated heterocycles. The second-order valence-electron chi connectivity index (χ2n) is 4.61. The van der Waals surface area contributed by atoms with Gasteiger partial charge in [0, 0.05) is 11.1 Å². The van der Waals surface area contributed by atoms with Crippen LogP contribution in [-0.4, -0.2) is 7.11 Å². The molecule has 0 aliphatic heterocycles. The van der Waals surface area contributed by atoms with Crippen LogP contribution in [0.2, 0.25) is 5.02 Å². The predicted octanol–water partition coefficient (Wildman–Crippen LogP) is 3.17. The molecule has 0 amide bonds. The van der Waals surface area contributed by atoms with Gasteiger partial charge in [0.2, 0.25) is 0 Å². The van der Waals surface area contributed by atoms with E-state index in [2.05, 4.69) is 42.6 Å². The van der Waals surface area contributed by atoms with E-state index in [1.165, 1.54) is 11.1 Å². The third kappa shape index (κ3) is 3.72. The molecule has 2 rings (SSSR count). The van der Waals surface area contributed by atoms with E-state index in [1.54, 1.807) is 7.11 Å². The first-order chi connectivity index (χ1) is 9.20. The van der Waals surface area contributed by atoms with E-state index in [0.29, 0.717) is 11.1 Å². The van der Waals surface area contributed by atoms with E-state index in [-0.39, 0.29) is 0 Å². The van der Waals surface area contributed by atoms with Crippen molar-refractivity contribution < 1.29 is 10.1 Å². The highest BCUT2D eigenvalue weighted by Gasteiger charge is 2.09. The molecule has 2 nitrogen and oxygen atoms in total. The summed E-state index contributed by atoms with van der Waals surface area (Å²) in [6, 6.07) is 16.9. The van der Waals surface area contributed by atoms with Crippen LogP contribution in [0.25, 0.3) is 0 Å². The maximum atomic E-state index is 6.12. The van der Waals surface area contributed by atoms with Crippen molar-refractivity contribution in [2.45, 2.75) is 19.5 Å². The summed E-state index contributed by atoms with van der Waals surface area (Å²) in [4.78, 5) is 0. The number of methoxy groups -OCH3 is 1. The van der Waals surface area contributed by atoms with Gasteiger partial charge in [-0.05, 0) is 25.1 Å². The van der Waals surface area contributed by atoms with E-state index >= 15 is 0 Å². The van der Waals surface area contributed by atoms with E-state index in [4.69, 9.17) is 16.3 Å². The molecule has 0 heterocycles. The number of rotatable bonds is 5. The number of nitrogens with two attached hydrogens (primary N) is 1. The molecule has 100 valence electrons. The van der Waals surface area contributed by atoms with Gasteiger partial charge >= 0.3 is 0 Å². The normalized spacial score (nSPS) is 12.2. The van der Waals surface area contributed by atoms with Gasteiger partial charge in [0.15, 0.2) is 0 Å². The van der Waals surface area contributed by atoms with Crippen molar-refractivity contribution in [2.75, 3.05) is 7.11 Å². The van der Waals surface area contributed by atoms with Crippen LogP contribution in [0.3, 0.4) is 0 Å². The number of benzene rings is 2. The first kappa shape index (κ1) is 13.9. The van der Waals surface area contributed by atoms with Crippen LogP contribution in [0.15, 0.2) is 48.5 Å². The molecule has 0 aromatic heterocycles. The molecule has 0 bridgehead atoms. The molecular formula is C16H19ClNO+. The minimum atomic E-state index is 0.432. The van der Waals surface area contributed by atoms with Crippen LogP contribution in [-0.2, 0) is 6.54 Å². The molecule has 0 saturated carbocycles. The Morgan fingerprint density at radius 2 is 1.89 bits per heavy atom. The van der Waals surface area contributed by atoms with Gasteiger partial charge in [-0.25, -0.2) is 0 Å². The first-order valence-electron chi connectivity index (χ1n) is 6.41. The lowest BCUT2D eigenvalue weighted by Gasteiger charge is -2.11. The number of quaternary nitrogens is 1. The number of hydrogen-bond donors (Lipinski definition) is 1. The minimum Gasteiger partial charge on any atom is -0.495 e. The summed E-state index contributed by atoms with van der Waals surface area (Å²) in [5.41, 5.74) is 2.54. The Bertz CT molecular complexity index is 528. The van der Waals surface area contributed by atoms with Gasteiger partial charge in [-0.2, -0.15) is 0 Å². The Morgan fingerprint density at radius 1 is 1.16 bits per heavy atom. The molecular weight excluding hydrogens is 258 g/mol. The van der Waals surface area contributed by atoms with E-state index in [1.807, 2.05) is 18.2 Å². The van der Waals surface area contributed by atoms with E-state index < -0.39 is 0 Å². The highest BCUT2D eigenvalue weighted by Crippen LogP contribution is 2.24. The van der Waals surface area contributed by atoms with E-state index in [0.717, 1.165) is 12.3 Å². The lowest BCUT2D eigenvalue weighted by Crippen LogP contribution is -2.83.